The number of carboxylic acid groups (broad SMARTS) is 1. The molecular weight excluding hydrogens is 607 g/mol. The Morgan fingerprint density at radius 3 is 2.38 bits per heavy atom. The first-order valence-electron chi connectivity index (χ1n) is 17.2. The normalized spacial score (nSPS) is 17.8. The highest BCUT2D eigenvalue weighted by Gasteiger charge is 2.39. The number of carboxylic acids is 1. The second-order valence-electron chi connectivity index (χ2n) is 11.8. The molecule has 0 aromatic rings. The molecule has 7 nitrogen and oxygen atoms in total. The van der Waals surface area contributed by atoms with Gasteiger partial charge in [-0.1, -0.05) is 95.9 Å². The van der Waals surface area contributed by atoms with Gasteiger partial charge in [0.15, 0.2) is 0 Å². The average Bonchev–Trinajstić information content (AvgIpc) is 3.45. The molecule has 0 aromatic carbocycles. The van der Waals surface area contributed by atoms with Crippen molar-refractivity contribution in [2.24, 2.45) is 10.9 Å². The number of halogens is 3. The third-order valence-electron chi connectivity index (χ3n) is 8.38. The maximum atomic E-state index is 13.0. The molecule has 47 heavy (non-hydrogen) atoms. The molecule has 1 unspecified atom stereocenters. The summed E-state index contributed by atoms with van der Waals surface area (Å²) in [4.78, 5) is 42.9. The molecule has 264 valence electrons. The number of amides is 2. The van der Waals surface area contributed by atoms with Gasteiger partial charge in [-0.25, -0.2) is 0 Å². The van der Waals surface area contributed by atoms with Gasteiger partial charge in [-0.05, 0) is 63.0 Å². The molecule has 0 aromatic heterocycles. The maximum Gasteiger partial charge on any atom is 0.393 e. The molecule has 1 saturated carbocycles. The lowest BCUT2D eigenvalue weighted by molar-refractivity contribution is -0.137. The van der Waals surface area contributed by atoms with E-state index in [-0.39, 0.29) is 30.4 Å². The van der Waals surface area contributed by atoms with Crippen molar-refractivity contribution >= 4 is 24.0 Å². The van der Waals surface area contributed by atoms with E-state index in [1.165, 1.54) is 6.08 Å². The van der Waals surface area contributed by atoms with Crippen LogP contribution in [0.2, 0.25) is 0 Å². The van der Waals surface area contributed by atoms with Crippen LogP contribution in [-0.4, -0.2) is 58.9 Å². The fourth-order valence-corrected chi connectivity index (χ4v) is 5.93. The summed E-state index contributed by atoms with van der Waals surface area (Å²) < 4.78 is 39.0. The molecule has 0 heterocycles. The van der Waals surface area contributed by atoms with E-state index in [2.05, 4.69) is 5.32 Å². The zero-order valence-corrected chi connectivity index (χ0v) is 29.0. The summed E-state index contributed by atoms with van der Waals surface area (Å²) in [6.07, 6.45) is 16.6. The number of carbonyl (C=O) groups is 3. The van der Waals surface area contributed by atoms with Crippen molar-refractivity contribution in [1.29, 1.82) is 0 Å². The lowest BCUT2D eigenvalue weighted by Crippen LogP contribution is -2.51. The summed E-state index contributed by atoms with van der Waals surface area (Å²) in [6.45, 7) is 10.4. The van der Waals surface area contributed by atoms with E-state index in [0.29, 0.717) is 44.2 Å². The number of carbonyl (C=O) groups excluding carboxylic acids is 2. The van der Waals surface area contributed by atoms with Gasteiger partial charge in [0.05, 0.1) is 12.8 Å². The Labute approximate surface area is 279 Å². The lowest BCUT2D eigenvalue weighted by atomic mass is 9.85. The lowest BCUT2D eigenvalue weighted by Gasteiger charge is -2.42. The molecule has 0 radical (unpaired) electrons. The molecule has 1 fully saturated rings. The van der Waals surface area contributed by atoms with Crippen LogP contribution in [0.4, 0.5) is 13.2 Å². The highest BCUT2D eigenvalue weighted by molar-refractivity contribution is 6.01. The van der Waals surface area contributed by atoms with Crippen LogP contribution >= 0.6 is 0 Å². The van der Waals surface area contributed by atoms with E-state index in [9.17, 15) is 27.6 Å². The average molecular weight is 664 g/mol. The van der Waals surface area contributed by atoms with Crippen molar-refractivity contribution in [1.82, 2.24) is 10.2 Å². The van der Waals surface area contributed by atoms with Gasteiger partial charge in [-0.15, -0.1) is 0 Å². The number of unbranched alkanes of at least 4 members (excludes halogenated alkanes) is 1. The first kappa shape index (κ1) is 41.6. The molecule has 1 atom stereocenters. The number of aliphatic imine (C=N–C) groups is 1. The number of allylic oxidation sites excluding steroid dienone is 8. The van der Waals surface area contributed by atoms with Crippen molar-refractivity contribution in [2.45, 2.75) is 130 Å². The van der Waals surface area contributed by atoms with E-state index in [4.69, 9.17) is 10.1 Å². The van der Waals surface area contributed by atoms with Crippen molar-refractivity contribution in [3.63, 3.8) is 0 Å². The predicted molar refractivity (Wildman–Crippen MR) is 184 cm³/mol. The number of rotatable bonds is 17. The summed E-state index contributed by atoms with van der Waals surface area (Å²) in [5, 5.41) is 11.4. The minimum absolute atomic E-state index is 0.0512. The minimum atomic E-state index is -4.28. The molecule has 10 heteroatoms. The number of aliphatic carboxylic acids is 1. The van der Waals surface area contributed by atoms with Crippen LogP contribution in [0.5, 0.6) is 0 Å². The number of hydrogen-bond donors (Lipinski definition) is 2. The van der Waals surface area contributed by atoms with E-state index >= 15 is 0 Å². The summed E-state index contributed by atoms with van der Waals surface area (Å²) in [6, 6.07) is 0. The molecule has 2 aliphatic carbocycles. The van der Waals surface area contributed by atoms with Gasteiger partial charge in [0.2, 0.25) is 6.41 Å². The van der Waals surface area contributed by atoms with Gasteiger partial charge in [-0.3, -0.25) is 19.4 Å². The zero-order chi connectivity index (χ0) is 35.3. The molecule has 0 bridgehead atoms. The number of alkyl halides is 3. The molecule has 2 amide bonds. The number of nitrogens with one attached hydrogen (secondary N) is 1. The largest absolute Gasteiger partial charge is 0.481 e. The predicted octanol–water partition coefficient (Wildman–Crippen LogP) is 9.04. The second kappa shape index (κ2) is 22.2. The molecule has 0 aliphatic heterocycles. The van der Waals surface area contributed by atoms with E-state index in [1.807, 2.05) is 46.8 Å². The number of hydrogen-bond acceptors (Lipinski definition) is 4. The molecule has 2 N–H and O–H groups in total. The van der Waals surface area contributed by atoms with E-state index < -0.39 is 24.2 Å². The molecule has 2 rings (SSSR count). The Morgan fingerprint density at radius 2 is 1.81 bits per heavy atom. The van der Waals surface area contributed by atoms with Crippen LogP contribution in [0.3, 0.4) is 0 Å². The third-order valence-corrected chi connectivity index (χ3v) is 8.38. The Balaban J connectivity index is 0.00000541. The Morgan fingerprint density at radius 1 is 1.13 bits per heavy atom. The molecule has 0 spiro atoms. The van der Waals surface area contributed by atoms with E-state index in [0.717, 1.165) is 56.2 Å². The minimum Gasteiger partial charge on any atom is -0.481 e. The highest BCUT2D eigenvalue weighted by Crippen LogP contribution is 2.38. The quantitative estimate of drug-likeness (QED) is 0.0405. The van der Waals surface area contributed by atoms with Crippen molar-refractivity contribution < 1.29 is 32.7 Å². The van der Waals surface area contributed by atoms with Crippen molar-refractivity contribution in [3.05, 3.63) is 59.3 Å². The fraction of sp³-hybridized carbons (Fsp3) is 0.622. The number of nitrogens with zero attached hydrogens (tertiary/aromatic N) is 2. The Kier molecular flexibility index (Phi) is 19.6. The Bertz CT molecular complexity index is 1180. The smallest absolute Gasteiger partial charge is 0.393 e. The summed E-state index contributed by atoms with van der Waals surface area (Å²) >= 11 is 0. The second-order valence-corrected chi connectivity index (χ2v) is 11.8. The van der Waals surface area contributed by atoms with Crippen LogP contribution < -0.4 is 5.32 Å². The van der Waals surface area contributed by atoms with Crippen LogP contribution in [0.25, 0.3) is 0 Å². The maximum absolute atomic E-state index is 13.0. The van der Waals surface area contributed by atoms with Gasteiger partial charge >= 0.3 is 12.1 Å². The van der Waals surface area contributed by atoms with E-state index in [1.54, 1.807) is 29.2 Å². The standard InChI is InChI=1S/C35H50F3N3O4.C2H6/c1-4-14-29(33(45)39-23-22-32(43)44)16-9-8-12-24-41(26-42)34(3,30-18-10-6-7-11-19-30)40-31(5-2)28-17-13-15-27(20-21-28)25-35(36,37)38;1-2/h9,13-17,20,26,30H,4-8,10-12,18-19,21-25H2,1-3H3,(H,39,45)(H,43,44);1-2H3/b16-9-,29-14+,40-31+;. The summed E-state index contributed by atoms with van der Waals surface area (Å²) in [5.41, 5.74) is 1.54. The first-order valence-corrected chi connectivity index (χ1v) is 17.2. The monoisotopic (exact) mass is 663 g/mol. The molecule has 0 saturated heterocycles. The van der Waals surface area contributed by atoms with Crippen molar-refractivity contribution in [3.8, 4) is 0 Å². The van der Waals surface area contributed by atoms with Crippen LogP contribution in [0, 0.1) is 5.92 Å². The Hall–Kier alpha value is -3.43. The molecular formula is C37H56F3N3O4. The van der Waals surface area contributed by atoms with Gasteiger partial charge in [0.1, 0.15) is 5.66 Å². The van der Waals surface area contributed by atoms with Gasteiger partial charge in [0, 0.05) is 30.3 Å². The zero-order valence-electron chi connectivity index (χ0n) is 29.0. The van der Waals surface area contributed by atoms with Gasteiger partial charge < -0.3 is 15.3 Å². The summed E-state index contributed by atoms with van der Waals surface area (Å²) in [5.74, 6) is -1.16. The SMILES string of the molecule is CC.CC/C=C(\C=C/CCCN(C=O)C(C)(/N=C(\CC)C1=CC=CC(CC(F)(F)F)=CC1)C1CCCCCC1)C(=O)NCCC(=O)O. The summed E-state index contributed by atoms with van der Waals surface area (Å²) in [7, 11) is 0. The van der Waals surface area contributed by atoms with Crippen molar-refractivity contribution in [2.75, 3.05) is 13.1 Å². The highest BCUT2D eigenvalue weighted by atomic mass is 19.4. The fourth-order valence-electron chi connectivity index (χ4n) is 5.93. The van der Waals surface area contributed by atoms with Crippen LogP contribution in [0.1, 0.15) is 118 Å². The first-order chi connectivity index (χ1) is 22.4. The third kappa shape index (κ3) is 15.3. The van der Waals surface area contributed by atoms with Gasteiger partial charge in [-0.2, -0.15) is 13.2 Å². The van der Waals surface area contributed by atoms with Gasteiger partial charge in [0.25, 0.3) is 5.91 Å². The van der Waals surface area contributed by atoms with Crippen LogP contribution in [-0.2, 0) is 14.4 Å². The topological polar surface area (TPSA) is 99.1 Å². The van der Waals surface area contributed by atoms with Crippen LogP contribution in [0.15, 0.2) is 64.2 Å². The molecule has 2 aliphatic rings.